The molecule has 0 aliphatic heterocycles. The van der Waals surface area contributed by atoms with E-state index in [1.165, 1.54) is 50.5 Å². The zero-order chi connectivity index (χ0) is 11.6. The van der Waals surface area contributed by atoms with Gasteiger partial charge in [-0.25, -0.2) is 4.57 Å². The number of rotatable bonds is 8. The topological polar surface area (TPSA) is 3.88 Å². The molecular formula is C15H26N+. The van der Waals surface area contributed by atoms with Gasteiger partial charge in [0.15, 0.2) is 12.4 Å². The van der Waals surface area contributed by atoms with Gasteiger partial charge in [0, 0.05) is 18.6 Å². The first-order chi connectivity index (χ1) is 7.86. The number of unbranched alkanes of at least 4 members (excludes halogenated alkanes) is 4. The molecule has 0 saturated carbocycles. The van der Waals surface area contributed by atoms with Crippen LogP contribution in [0.3, 0.4) is 0 Å². The van der Waals surface area contributed by atoms with Gasteiger partial charge in [0.25, 0.3) is 0 Å². The first-order valence-electron chi connectivity index (χ1n) is 6.84. The lowest BCUT2D eigenvalue weighted by Gasteiger charge is -2.01. The van der Waals surface area contributed by atoms with Gasteiger partial charge in [-0.2, -0.15) is 0 Å². The Morgan fingerprint density at radius 1 is 0.875 bits per heavy atom. The zero-order valence-electron chi connectivity index (χ0n) is 10.9. The molecule has 1 aromatic heterocycles. The second kappa shape index (κ2) is 8.32. The van der Waals surface area contributed by atoms with Gasteiger partial charge in [-0.1, -0.05) is 39.5 Å². The number of hydrogen-bond donors (Lipinski definition) is 0. The van der Waals surface area contributed by atoms with Crippen LogP contribution in [0, 0.1) is 0 Å². The van der Waals surface area contributed by atoms with E-state index in [4.69, 9.17) is 0 Å². The van der Waals surface area contributed by atoms with Crippen LogP contribution in [-0.2, 0) is 13.0 Å². The van der Waals surface area contributed by atoms with Crippen LogP contribution in [0.4, 0.5) is 0 Å². The third-order valence-corrected chi connectivity index (χ3v) is 3.01. The van der Waals surface area contributed by atoms with E-state index in [-0.39, 0.29) is 0 Å². The average Bonchev–Trinajstić information content (AvgIpc) is 2.31. The van der Waals surface area contributed by atoms with Crippen molar-refractivity contribution in [1.29, 1.82) is 0 Å². The maximum absolute atomic E-state index is 2.27. The summed E-state index contributed by atoms with van der Waals surface area (Å²) in [6, 6.07) is 4.55. The van der Waals surface area contributed by atoms with Gasteiger partial charge in [0.05, 0.1) is 0 Å². The number of pyridine rings is 1. The predicted octanol–water partition coefficient (Wildman–Crippen LogP) is 3.90. The minimum atomic E-state index is 1.14. The summed E-state index contributed by atoms with van der Waals surface area (Å²) in [7, 11) is 0. The Bertz CT molecular complexity index is 263. The molecule has 0 radical (unpaired) electrons. The van der Waals surface area contributed by atoms with Crippen molar-refractivity contribution in [2.45, 2.75) is 65.3 Å². The maximum Gasteiger partial charge on any atom is 0.169 e. The molecule has 0 unspecified atom stereocenters. The van der Waals surface area contributed by atoms with E-state index < -0.39 is 0 Å². The zero-order valence-corrected chi connectivity index (χ0v) is 10.9. The normalized spacial score (nSPS) is 10.6. The van der Waals surface area contributed by atoms with Crippen LogP contribution < -0.4 is 4.57 Å². The van der Waals surface area contributed by atoms with Gasteiger partial charge >= 0.3 is 0 Å². The van der Waals surface area contributed by atoms with Crippen LogP contribution in [0.25, 0.3) is 0 Å². The number of aryl methyl sites for hydroxylation is 2. The van der Waals surface area contributed by atoms with Crippen molar-refractivity contribution in [3.05, 3.63) is 30.1 Å². The molecule has 1 heteroatoms. The molecule has 0 bridgehead atoms. The van der Waals surface area contributed by atoms with E-state index in [1.807, 2.05) is 0 Å². The fourth-order valence-corrected chi connectivity index (χ4v) is 1.99. The molecule has 0 atom stereocenters. The minimum absolute atomic E-state index is 1.14. The first-order valence-corrected chi connectivity index (χ1v) is 6.84. The number of aromatic nitrogens is 1. The van der Waals surface area contributed by atoms with E-state index in [2.05, 4.69) is 42.9 Å². The fraction of sp³-hybridized carbons (Fsp3) is 0.667. The standard InChI is InChI=1S/C15H26N/c1-3-5-6-7-8-9-15-10-13-16(12-4-2)14-11-15/h10-11,13-14H,3-9,12H2,1-2H3/q+1. The molecule has 0 amide bonds. The van der Waals surface area contributed by atoms with Crippen molar-refractivity contribution >= 4 is 0 Å². The highest BCUT2D eigenvalue weighted by atomic mass is 14.9. The molecule has 1 rings (SSSR count). The molecule has 0 fully saturated rings. The molecule has 0 aliphatic carbocycles. The molecule has 0 saturated heterocycles. The second-order valence-corrected chi connectivity index (χ2v) is 4.61. The maximum atomic E-state index is 2.27. The van der Waals surface area contributed by atoms with Crippen molar-refractivity contribution in [1.82, 2.24) is 0 Å². The summed E-state index contributed by atoms with van der Waals surface area (Å²) in [6.45, 7) is 5.62. The van der Waals surface area contributed by atoms with Gasteiger partial charge in [-0.05, 0) is 18.4 Å². The number of hydrogen-bond acceptors (Lipinski definition) is 0. The minimum Gasteiger partial charge on any atom is -0.205 e. The molecule has 16 heavy (non-hydrogen) atoms. The monoisotopic (exact) mass is 220 g/mol. The largest absolute Gasteiger partial charge is 0.205 e. The summed E-state index contributed by atoms with van der Waals surface area (Å²) in [5, 5.41) is 0. The van der Waals surface area contributed by atoms with Crippen molar-refractivity contribution < 1.29 is 4.57 Å². The summed E-state index contributed by atoms with van der Waals surface area (Å²) in [6.07, 6.45) is 13.7. The second-order valence-electron chi connectivity index (χ2n) is 4.61. The quantitative estimate of drug-likeness (QED) is 0.462. The Hall–Kier alpha value is -0.850. The summed E-state index contributed by atoms with van der Waals surface area (Å²) in [5.74, 6) is 0. The lowest BCUT2D eigenvalue weighted by atomic mass is 10.1. The Morgan fingerprint density at radius 2 is 1.56 bits per heavy atom. The molecule has 90 valence electrons. The van der Waals surface area contributed by atoms with Crippen LogP contribution in [0.1, 0.15) is 57.9 Å². The summed E-state index contributed by atoms with van der Waals surface area (Å²) in [5.41, 5.74) is 1.49. The fourth-order valence-electron chi connectivity index (χ4n) is 1.99. The number of nitrogens with zero attached hydrogens (tertiary/aromatic N) is 1. The van der Waals surface area contributed by atoms with Crippen molar-refractivity contribution in [3.63, 3.8) is 0 Å². The van der Waals surface area contributed by atoms with E-state index in [1.54, 1.807) is 0 Å². The van der Waals surface area contributed by atoms with Crippen LogP contribution in [0.2, 0.25) is 0 Å². The van der Waals surface area contributed by atoms with Gasteiger partial charge in [0.2, 0.25) is 0 Å². The smallest absolute Gasteiger partial charge is 0.169 e. The molecule has 1 aromatic rings. The van der Waals surface area contributed by atoms with Crippen LogP contribution in [0.15, 0.2) is 24.5 Å². The molecule has 0 aromatic carbocycles. The lowest BCUT2D eigenvalue weighted by molar-refractivity contribution is -0.697. The van der Waals surface area contributed by atoms with Gasteiger partial charge in [-0.3, -0.25) is 0 Å². The molecule has 1 nitrogen and oxygen atoms in total. The lowest BCUT2D eigenvalue weighted by Crippen LogP contribution is -2.32. The van der Waals surface area contributed by atoms with Gasteiger partial charge in [-0.15, -0.1) is 0 Å². The molecule has 0 aliphatic rings. The third kappa shape index (κ3) is 5.29. The van der Waals surface area contributed by atoms with Crippen LogP contribution in [-0.4, -0.2) is 0 Å². The van der Waals surface area contributed by atoms with E-state index in [0.29, 0.717) is 0 Å². The molecule has 0 N–H and O–H groups in total. The highest BCUT2D eigenvalue weighted by Crippen LogP contribution is 2.07. The van der Waals surface area contributed by atoms with Crippen molar-refractivity contribution in [3.8, 4) is 0 Å². The van der Waals surface area contributed by atoms with Crippen LogP contribution in [0.5, 0.6) is 0 Å². The van der Waals surface area contributed by atoms with Gasteiger partial charge in [0.1, 0.15) is 6.54 Å². The highest BCUT2D eigenvalue weighted by Gasteiger charge is 1.99. The molecule has 0 spiro atoms. The Labute approximate surface area is 101 Å². The average molecular weight is 220 g/mol. The highest BCUT2D eigenvalue weighted by molar-refractivity contribution is 5.07. The predicted molar refractivity (Wildman–Crippen MR) is 69.4 cm³/mol. The SMILES string of the molecule is CCCCCCCc1cc[n+](CCC)cc1. The van der Waals surface area contributed by atoms with Crippen molar-refractivity contribution in [2.24, 2.45) is 0 Å². The van der Waals surface area contributed by atoms with Gasteiger partial charge < -0.3 is 0 Å². The Kier molecular flexibility index (Phi) is 6.87. The summed E-state index contributed by atoms with van der Waals surface area (Å²) in [4.78, 5) is 0. The van der Waals surface area contributed by atoms with E-state index in [9.17, 15) is 0 Å². The summed E-state index contributed by atoms with van der Waals surface area (Å²) >= 11 is 0. The van der Waals surface area contributed by atoms with Crippen molar-refractivity contribution in [2.75, 3.05) is 0 Å². The molecular weight excluding hydrogens is 194 g/mol. The Morgan fingerprint density at radius 3 is 2.19 bits per heavy atom. The molecule has 1 heterocycles. The third-order valence-electron chi connectivity index (χ3n) is 3.01. The van der Waals surface area contributed by atoms with E-state index in [0.717, 1.165) is 6.54 Å². The summed E-state index contributed by atoms with van der Waals surface area (Å²) < 4.78 is 2.26. The first kappa shape index (κ1) is 13.2. The Balaban J connectivity index is 2.21. The van der Waals surface area contributed by atoms with Crippen LogP contribution >= 0.6 is 0 Å². The van der Waals surface area contributed by atoms with E-state index >= 15 is 0 Å².